The molecule has 0 bridgehead atoms. The highest BCUT2D eigenvalue weighted by Crippen LogP contribution is 2.65. The van der Waals surface area contributed by atoms with E-state index in [4.69, 9.17) is 14.2 Å². The third-order valence-corrected chi connectivity index (χ3v) is 6.25. The molecule has 6 nitrogen and oxygen atoms in total. The maximum atomic E-state index is 13.8. The molecule has 2 aromatic rings. The van der Waals surface area contributed by atoms with Crippen molar-refractivity contribution < 1.29 is 28.6 Å². The lowest BCUT2D eigenvalue weighted by Gasteiger charge is -2.41. The predicted octanol–water partition coefficient (Wildman–Crippen LogP) is 2.47. The van der Waals surface area contributed by atoms with Crippen molar-refractivity contribution in [2.24, 2.45) is 0 Å². The first-order valence-corrected chi connectivity index (χ1v) is 9.50. The van der Waals surface area contributed by atoms with Gasteiger partial charge < -0.3 is 14.2 Å². The van der Waals surface area contributed by atoms with Gasteiger partial charge in [-0.1, -0.05) is 60.7 Å². The van der Waals surface area contributed by atoms with Crippen LogP contribution in [0.5, 0.6) is 0 Å². The Morgan fingerprint density at radius 3 is 2.37 bits per heavy atom. The van der Waals surface area contributed by atoms with Gasteiger partial charge in [-0.2, -0.15) is 0 Å². The number of ether oxygens (including phenoxy) is 3. The fourth-order valence-corrected chi connectivity index (χ4v) is 5.17. The highest BCUT2D eigenvalue weighted by Gasteiger charge is 2.77. The molecule has 0 unspecified atom stereocenters. The van der Waals surface area contributed by atoms with E-state index in [0.717, 1.165) is 11.1 Å². The van der Waals surface area contributed by atoms with Crippen LogP contribution in [-0.2, 0) is 34.0 Å². The lowest BCUT2D eigenvalue weighted by molar-refractivity contribution is -0.170. The van der Waals surface area contributed by atoms with Crippen LogP contribution in [0.2, 0.25) is 0 Å². The Labute approximate surface area is 172 Å². The molecule has 1 heterocycles. The number of benzene rings is 2. The van der Waals surface area contributed by atoms with Crippen LogP contribution in [0.15, 0.2) is 65.7 Å². The maximum absolute atomic E-state index is 13.8. The fourth-order valence-electron chi connectivity index (χ4n) is 5.17. The Hall–Kier alpha value is -3.51. The van der Waals surface area contributed by atoms with Crippen LogP contribution >= 0.6 is 0 Å². The Morgan fingerprint density at radius 2 is 1.67 bits per heavy atom. The molecule has 150 valence electrons. The van der Waals surface area contributed by atoms with E-state index < -0.39 is 28.7 Å². The van der Waals surface area contributed by atoms with E-state index in [-0.39, 0.29) is 12.2 Å². The average Bonchev–Trinajstić information content (AvgIpc) is 3.26. The van der Waals surface area contributed by atoms with E-state index in [0.29, 0.717) is 16.7 Å². The fraction of sp³-hybridized carbons (Fsp3) is 0.208. The van der Waals surface area contributed by atoms with Crippen molar-refractivity contribution in [1.29, 1.82) is 0 Å². The lowest BCUT2D eigenvalue weighted by Crippen LogP contribution is -2.58. The maximum Gasteiger partial charge on any atom is 0.348 e. The van der Waals surface area contributed by atoms with Crippen molar-refractivity contribution in [2.45, 2.75) is 11.0 Å². The molecule has 2 atom stereocenters. The molecular formula is C24H18O6. The normalized spacial score (nSPS) is 26.1. The first-order valence-electron chi connectivity index (χ1n) is 9.50. The number of fused-ring (bicyclic) bond motifs is 2. The summed E-state index contributed by atoms with van der Waals surface area (Å²) in [7, 11) is 2.42. The van der Waals surface area contributed by atoms with Crippen molar-refractivity contribution in [3.05, 3.63) is 82.4 Å². The molecule has 30 heavy (non-hydrogen) atoms. The second-order valence-corrected chi connectivity index (χ2v) is 7.41. The highest BCUT2D eigenvalue weighted by atomic mass is 16.6. The van der Waals surface area contributed by atoms with Crippen molar-refractivity contribution in [2.75, 3.05) is 20.8 Å². The first kappa shape index (κ1) is 18.5. The summed E-state index contributed by atoms with van der Waals surface area (Å²) in [4.78, 5) is 39.9. The van der Waals surface area contributed by atoms with Gasteiger partial charge in [0.05, 0.1) is 26.2 Å². The number of methoxy groups -OCH3 is 2. The number of ketones is 1. The van der Waals surface area contributed by atoms with Gasteiger partial charge in [0, 0.05) is 0 Å². The highest BCUT2D eigenvalue weighted by molar-refractivity contribution is 6.38. The number of Topliss-reactive ketones (excluding diaryl/α,β-unsaturated/α-hetero) is 1. The van der Waals surface area contributed by atoms with Gasteiger partial charge in [0.15, 0.2) is 0 Å². The van der Waals surface area contributed by atoms with E-state index in [9.17, 15) is 14.4 Å². The zero-order valence-corrected chi connectivity index (χ0v) is 16.4. The third kappa shape index (κ3) is 1.89. The Morgan fingerprint density at radius 1 is 0.967 bits per heavy atom. The molecule has 0 amide bonds. The lowest BCUT2D eigenvalue weighted by atomic mass is 9.59. The quantitative estimate of drug-likeness (QED) is 0.446. The van der Waals surface area contributed by atoms with Crippen LogP contribution in [-0.4, -0.2) is 44.1 Å². The molecule has 0 spiro atoms. The summed E-state index contributed by atoms with van der Waals surface area (Å²) in [6, 6.07) is 16.6. The second-order valence-electron chi connectivity index (χ2n) is 7.41. The van der Waals surface area contributed by atoms with Crippen molar-refractivity contribution in [1.82, 2.24) is 0 Å². The van der Waals surface area contributed by atoms with Crippen molar-refractivity contribution in [3.8, 4) is 0 Å². The van der Waals surface area contributed by atoms with Crippen molar-refractivity contribution >= 4 is 29.4 Å². The van der Waals surface area contributed by atoms with Crippen LogP contribution in [0.4, 0.5) is 0 Å². The molecule has 0 aromatic heterocycles. The minimum atomic E-state index is -2.03. The molecule has 6 heteroatoms. The summed E-state index contributed by atoms with van der Waals surface area (Å²) in [5, 5.41) is 0. The molecule has 0 saturated carbocycles. The van der Waals surface area contributed by atoms with Gasteiger partial charge in [0.25, 0.3) is 0 Å². The van der Waals surface area contributed by atoms with Crippen LogP contribution in [0.1, 0.15) is 16.7 Å². The zero-order valence-electron chi connectivity index (χ0n) is 16.4. The standard InChI is InChI=1S/C24H18O6/c1-28-21(26)18-19-17-11-7-6-8-14(17)12-16-13-30-24(20(18)25,22(27)29-2)23(16,19)15-9-4-3-5-10-15/h3-12H,13H2,1-2H3/t23-,24-/m1/s1. The van der Waals surface area contributed by atoms with Gasteiger partial charge in [-0.15, -0.1) is 0 Å². The van der Waals surface area contributed by atoms with Gasteiger partial charge in [0.1, 0.15) is 5.57 Å². The minimum Gasteiger partial charge on any atom is -0.466 e. The predicted molar refractivity (Wildman–Crippen MR) is 107 cm³/mol. The van der Waals surface area contributed by atoms with Crippen LogP contribution in [0.3, 0.4) is 0 Å². The number of carbonyl (C=O) groups is 3. The monoisotopic (exact) mass is 402 g/mol. The van der Waals surface area contributed by atoms with Crippen LogP contribution in [0.25, 0.3) is 11.6 Å². The van der Waals surface area contributed by atoms with Crippen LogP contribution in [0, 0.1) is 0 Å². The number of carbonyl (C=O) groups excluding carboxylic acids is 3. The summed E-state index contributed by atoms with van der Waals surface area (Å²) in [5.41, 5.74) is -0.149. The molecule has 2 aromatic carbocycles. The average molecular weight is 402 g/mol. The molecule has 2 aliphatic carbocycles. The molecule has 1 fully saturated rings. The number of hydrogen-bond donors (Lipinski definition) is 0. The van der Waals surface area contributed by atoms with Gasteiger partial charge >= 0.3 is 11.9 Å². The molecule has 0 radical (unpaired) electrons. The Balaban J connectivity index is 2.00. The molecule has 3 aliphatic rings. The third-order valence-electron chi connectivity index (χ3n) is 6.25. The van der Waals surface area contributed by atoms with Gasteiger partial charge in [-0.25, -0.2) is 9.59 Å². The van der Waals surface area contributed by atoms with E-state index >= 15 is 0 Å². The first-order chi connectivity index (χ1) is 14.5. The number of esters is 2. The minimum absolute atomic E-state index is 0.0576. The molecular weight excluding hydrogens is 384 g/mol. The smallest absolute Gasteiger partial charge is 0.348 e. The largest absolute Gasteiger partial charge is 0.466 e. The number of hydrogen-bond acceptors (Lipinski definition) is 6. The summed E-state index contributed by atoms with van der Waals surface area (Å²) < 4.78 is 16.1. The topological polar surface area (TPSA) is 78.9 Å². The summed E-state index contributed by atoms with van der Waals surface area (Å²) in [6.45, 7) is 0.0576. The van der Waals surface area contributed by atoms with Gasteiger partial charge in [-0.3, -0.25) is 4.79 Å². The summed E-state index contributed by atoms with van der Waals surface area (Å²) in [5.74, 6) is -2.38. The van der Waals surface area contributed by atoms with Crippen LogP contribution < -0.4 is 0 Å². The molecule has 0 N–H and O–H groups in total. The van der Waals surface area contributed by atoms with Crippen molar-refractivity contribution in [3.63, 3.8) is 0 Å². The Bertz CT molecular complexity index is 1180. The number of rotatable bonds is 3. The van der Waals surface area contributed by atoms with E-state index in [1.807, 2.05) is 60.7 Å². The second kappa shape index (κ2) is 6.24. The molecule has 1 aliphatic heterocycles. The van der Waals surface area contributed by atoms with E-state index in [1.54, 1.807) is 0 Å². The Kier molecular flexibility index (Phi) is 3.85. The van der Waals surface area contributed by atoms with E-state index in [1.165, 1.54) is 14.2 Å². The SMILES string of the molecule is COC(=O)C1=C2c3ccccc3C=C3CO[C@@](C(=O)OC)(C1=O)[C@]32c1ccccc1. The summed E-state index contributed by atoms with van der Waals surface area (Å²) in [6.07, 6.45) is 1.93. The van der Waals surface area contributed by atoms with Gasteiger partial charge in [0.2, 0.25) is 11.4 Å². The van der Waals surface area contributed by atoms with Gasteiger partial charge in [-0.05, 0) is 27.8 Å². The molecule has 1 saturated heterocycles. The summed E-state index contributed by atoms with van der Waals surface area (Å²) >= 11 is 0. The van der Waals surface area contributed by atoms with E-state index in [2.05, 4.69) is 0 Å². The zero-order chi connectivity index (χ0) is 21.1. The molecule has 5 rings (SSSR count).